The summed E-state index contributed by atoms with van der Waals surface area (Å²) in [5.41, 5.74) is 5.48. The number of rotatable bonds is 7. The van der Waals surface area contributed by atoms with E-state index < -0.39 is 0 Å². The quantitative estimate of drug-likeness (QED) is 0.309. The lowest BCUT2D eigenvalue weighted by molar-refractivity contribution is 0.0129. The highest BCUT2D eigenvalue weighted by atomic mass is 31.1. The van der Waals surface area contributed by atoms with Crippen LogP contribution in [-0.2, 0) is 11.3 Å². The minimum Gasteiger partial charge on any atom is -0.314 e. The van der Waals surface area contributed by atoms with Crippen molar-refractivity contribution in [3.05, 3.63) is 35.4 Å². The van der Waals surface area contributed by atoms with Crippen molar-refractivity contribution >= 4 is 17.2 Å². The van der Waals surface area contributed by atoms with Gasteiger partial charge in [0.15, 0.2) is 0 Å². The number of benzene rings is 1. The molecule has 2 aliphatic heterocycles. The minimum atomic E-state index is -0.0213. The predicted octanol–water partition coefficient (Wildman–Crippen LogP) is 5.51. The predicted molar refractivity (Wildman–Crippen MR) is 179 cm³/mol. The highest BCUT2D eigenvalue weighted by Crippen LogP contribution is 2.72. The Morgan fingerprint density at radius 2 is 1.07 bits per heavy atom. The van der Waals surface area contributed by atoms with E-state index in [1.54, 1.807) is 75.3 Å². The van der Waals surface area contributed by atoms with Gasteiger partial charge in [0.25, 0.3) is 0 Å². The number of hydrogen-bond acceptors (Lipinski definition) is 4. The van der Waals surface area contributed by atoms with Crippen molar-refractivity contribution in [3.8, 4) is 0 Å². The molecule has 0 spiro atoms. The van der Waals surface area contributed by atoms with Crippen molar-refractivity contribution in [2.24, 2.45) is 47.3 Å². The van der Waals surface area contributed by atoms with Gasteiger partial charge in [-0.3, -0.25) is 0 Å². The number of piperazine rings is 2. The monoisotopic (exact) mass is 606 g/mol. The van der Waals surface area contributed by atoms with Crippen LogP contribution in [-0.4, -0.2) is 62.7 Å². The Kier molecular flexibility index (Phi) is 7.59. The van der Waals surface area contributed by atoms with E-state index in [2.05, 4.69) is 54.8 Å². The maximum atomic E-state index is 4.00. The molecule has 3 unspecified atom stereocenters. The van der Waals surface area contributed by atoms with Crippen LogP contribution in [0.4, 0.5) is 0 Å². The average Bonchev–Trinajstić information content (AvgIpc) is 3.01. The fourth-order valence-corrected chi connectivity index (χ4v) is 18.5. The van der Waals surface area contributed by atoms with Crippen LogP contribution in [0.3, 0.4) is 0 Å². The van der Waals surface area contributed by atoms with Gasteiger partial charge in [-0.1, -0.05) is 32.2 Å². The van der Waals surface area contributed by atoms with Crippen LogP contribution in [0.2, 0.25) is 0 Å². The third-order valence-electron chi connectivity index (χ3n) is 14.2. The maximum absolute atomic E-state index is 4.00. The van der Waals surface area contributed by atoms with Crippen LogP contribution in [0.5, 0.6) is 0 Å². The van der Waals surface area contributed by atoms with E-state index >= 15 is 0 Å². The molecule has 8 aliphatic carbocycles. The van der Waals surface area contributed by atoms with Gasteiger partial charge in [0.05, 0.1) is 0 Å². The topological polar surface area (TPSA) is 48.1 Å². The largest absolute Gasteiger partial charge is 0.314 e. The van der Waals surface area contributed by atoms with E-state index in [1.165, 1.54) is 6.16 Å². The Hall–Kier alpha value is -0.0800. The zero-order valence-corrected chi connectivity index (χ0v) is 27.8. The number of hydrogen-bond donors (Lipinski definition) is 4. The van der Waals surface area contributed by atoms with Gasteiger partial charge >= 0.3 is 0 Å². The molecule has 11 rings (SSSR count). The lowest BCUT2D eigenvalue weighted by Crippen LogP contribution is -2.66. The Balaban J connectivity index is 1.11. The zero-order chi connectivity index (χ0) is 27.8. The molecule has 4 N–H and O–H groups in total. The Labute approximate surface area is 258 Å². The minimum absolute atomic E-state index is 0.0163. The standard InChI is InChI=1S/C36H56N4P2/c41-36(32-19-37-5-7-39-32,33-20-38-6-8-40-33)31-4-2-1-3-26(31)21-42(34-27-11-22-9-23(13-27)14-28(34)12-22)35-29-15-24-10-25(17-29)18-30(35)16-24/h1-4,22-25,27-30,32-35,37-40H,5-21,41H2. The second-order valence-electron chi connectivity index (χ2n) is 16.5. The molecule has 10 aliphatic rings. The molecule has 0 radical (unpaired) electrons. The van der Waals surface area contributed by atoms with Crippen molar-refractivity contribution < 1.29 is 0 Å². The summed E-state index contributed by atoms with van der Waals surface area (Å²) in [5.74, 6) is 8.58. The Morgan fingerprint density at radius 1 is 0.619 bits per heavy atom. The summed E-state index contributed by atoms with van der Waals surface area (Å²) >= 11 is 0. The molecule has 8 bridgehead atoms. The van der Waals surface area contributed by atoms with Gasteiger partial charge in [0.2, 0.25) is 0 Å². The van der Waals surface area contributed by atoms with Gasteiger partial charge < -0.3 is 21.3 Å². The van der Waals surface area contributed by atoms with Crippen LogP contribution in [0.1, 0.15) is 75.3 Å². The van der Waals surface area contributed by atoms with Gasteiger partial charge in [-0.2, -0.15) is 0 Å². The molecule has 6 heteroatoms. The van der Waals surface area contributed by atoms with Crippen LogP contribution < -0.4 is 21.3 Å². The van der Waals surface area contributed by atoms with Crippen LogP contribution >= 0.6 is 17.2 Å². The average molecular weight is 607 g/mol. The SMILES string of the molecule is PC(c1ccccc1CP(C1C2CC3CC(C2)CC1C3)C1C2CC3CC(C2)CC1C3)(C1CNCCN1)C1CNCCN1. The number of nitrogens with one attached hydrogen (secondary N) is 4. The van der Waals surface area contributed by atoms with E-state index in [9.17, 15) is 0 Å². The molecule has 8 saturated carbocycles. The molecule has 230 valence electrons. The second-order valence-corrected chi connectivity index (χ2v) is 20.0. The first kappa shape index (κ1) is 28.2. The van der Waals surface area contributed by atoms with Crippen LogP contribution in [0.15, 0.2) is 24.3 Å². The molecular formula is C36H56N4P2. The Morgan fingerprint density at radius 3 is 1.50 bits per heavy atom. The fraction of sp³-hybridized carbons (Fsp3) is 0.833. The van der Waals surface area contributed by atoms with E-state index in [0.29, 0.717) is 12.1 Å². The van der Waals surface area contributed by atoms with Gasteiger partial charge in [-0.25, -0.2) is 0 Å². The Bertz CT molecular complexity index is 1010. The molecule has 2 heterocycles. The maximum Gasteiger partial charge on any atom is 0.0429 e. The third-order valence-corrected chi connectivity index (χ3v) is 19.2. The molecule has 42 heavy (non-hydrogen) atoms. The van der Waals surface area contributed by atoms with Crippen molar-refractivity contribution in [1.29, 1.82) is 0 Å². The lowest BCUT2D eigenvalue weighted by Gasteiger charge is -2.62. The summed E-state index contributed by atoms with van der Waals surface area (Å²) in [6.45, 7) is 6.40. The summed E-state index contributed by atoms with van der Waals surface area (Å²) in [5, 5.41) is 15.5. The van der Waals surface area contributed by atoms with Crippen LogP contribution in [0.25, 0.3) is 0 Å². The molecule has 1 aromatic carbocycles. The van der Waals surface area contributed by atoms with E-state index in [1.807, 2.05) is 0 Å². The van der Waals surface area contributed by atoms with Crippen molar-refractivity contribution in [1.82, 2.24) is 21.3 Å². The third kappa shape index (κ3) is 4.74. The molecular weight excluding hydrogens is 550 g/mol. The molecule has 3 atom stereocenters. The second kappa shape index (κ2) is 11.3. The van der Waals surface area contributed by atoms with Gasteiger partial charge in [-0.05, 0) is 140 Å². The fourth-order valence-electron chi connectivity index (χ4n) is 13.2. The summed E-state index contributed by atoms with van der Waals surface area (Å²) in [4.78, 5) is 0. The summed E-state index contributed by atoms with van der Waals surface area (Å²) in [6.07, 6.45) is 17.3. The van der Waals surface area contributed by atoms with Gasteiger partial charge in [-0.15, -0.1) is 9.24 Å². The van der Waals surface area contributed by atoms with E-state index in [4.69, 9.17) is 0 Å². The highest BCUT2D eigenvalue weighted by Gasteiger charge is 2.57. The normalized spacial score (nSPS) is 47.8. The zero-order valence-electron chi connectivity index (χ0n) is 25.8. The first-order chi connectivity index (χ1) is 20.6. The van der Waals surface area contributed by atoms with Crippen molar-refractivity contribution in [3.63, 3.8) is 0 Å². The van der Waals surface area contributed by atoms with E-state index in [0.717, 1.165) is 97.9 Å². The molecule has 2 saturated heterocycles. The van der Waals surface area contributed by atoms with Crippen LogP contribution in [0, 0.1) is 47.3 Å². The summed E-state index contributed by atoms with van der Waals surface area (Å²) < 4.78 is 0. The first-order valence-corrected chi connectivity index (χ1v) is 20.4. The summed E-state index contributed by atoms with van der Waals surface area (Å²) in [7, 11) is 3.47. The molecule has 4 nitrogen and oxygen atoms in total. The van der Waals surface area contributed by atoms with Crippen molar-refractivity contribution in [2.75, 3.05) is 39.3 Å². The molecule has 1 aromatic rings. The summed E-state index contributed by atoms with van der Waals surface area (Å²) in [6, 6.07) is 10.7. The highest BCUT2D eigenvalue weighted by molar-refractivity contribution is 7.58. The molecule has 0 aromatic heterocycles. The smallest absolute Gasteiger partial charge is 0.0429 e. The van der Waals surface area contributed by atoms with Gasteiger partial charge in [0, 0.05) is 56.5 Å². The molecule has 0 amide bonds. The molecule has 10 fully saturated rings. The van der Waals surface area contributed by atoms with E-state index in [-0.39, 0.29) is 13.1 Å². The van der Waals surface area contributed by atoms with Crippen molar-refractivity contribution in [2.45, 2.75) is 98.9 Å². The lowest BCUT2D eigenvalue weighted by atomic mass is 9.55. The first-order valence-electron chi connectivity index (χ1n) is 18.1. The van der Waals surface area contributed by atoms with Gasteiger partial charge in [0.1, 0.15) is 0 Å².